The van der Waals surface area contributed by atoms with Gasteiger partial charge in [0.25, 0.3) is 0 Å². The fraction of sp³-hybridized carbons (Fsp3) is 0.909. The SMILES string of the molecule is CCCC(N)CC(=O)NCC(C)(C)S(C)(=O)=O. The van der Waals surface area contributed by atoms with Crippen LogP contribution >= 0.6 is 0 Å². The molecule has 0 aliphatic heterocycles. The zero-order chi connectivity index (χ0) is 13.7. The highest BCUT2D eigenvalue weighted by molar-refractivity contribution is 7.92. The highest BCUT2D eigenvalue weighted by Gasteiger charge is 2.30. The van der Waals surface area contributed by atoms with Gasteiger partial charge in [-0.1, -0.05) is 13.3 Å². The number of carbonyl (C=O) groups is 1. The molecule has 0 radical (unpaired) electrons. The quantitative estimate of drug-likeness (QED) is 0.698. The lowest BCUT2D eigenvalue weighted by Crippen LogP contribution is -2.44. The van der Waals surface area contributed by atoms with E-state index < -0.39 is 14.6 Å². The van der Waals surface area contributed by atoms with Gasteiger partial charge in [-0.3, -0.25) is 4.79 Å². The van der Waals surface area contributed by atoms with Gasteiger partial charge in [-0.15, -0.1) is 0 Å². The van der Waals surface area contributed by atoms with Gasteiger partial charge in [-0.2, -0.15) is 0 Å². The van der Waals surface area contributed by atoms with Crippen LogP contribution in [0, 0.1) is 0 Å². The molecule has 0 spiro atoms. The van der Waals surface area contributed by atoms with Crippen molar-refractivity contribution in [3.8, 4) is 0 Å². The van der Waals surface area contributed by atoms with Gasteiger partial charge in [0.05, 0.1) is 4.75 Å². The van der Waals surface area contributed by atoms with Crippen LogP contribution in [0.15, 0.2) is 0 Å². The van der Waals surface area contributed by atoms with Crippen LogP contribution in [0.5, 0.6) is 0 Å². The van der Waals surface area contributed by atoms with Gasteiger partial charge in [-0.25, -0.2) is 8.42 Å². The van der Waals surface area contributed by atoms with Crippen LogP contribution in [0.2, 0.25) is 0 Å². The molecule has 1 amide bonds. The molecule has 1 unspecified atom stereocenters. The van der Waals surface area contributed by atoms with Crippen molar-refractivity contribution < 1.29 is 13.2 Å². The van der Waals surface area contributed by atoms with E-state index in [1.807, 2.05) is 6.92 Å². The average molecular weight is 264 g/mol. The summed E-state index contributed by atoms with van der Waals surface area (Å²) in [6.07, 6.45) is 3.14. The standard InChI is InChI=1S/C11H24N2O3S/c1-5-6-9(12)7-10(14)13-8-11(2,3)17(4,15)16/h9H,5-8,12H2,1-4H3,(H,13,14). The number of rotatable bonds is 7. The third kappa shape index (κ3) is 6.02. The number of nitrogens with one attached hydrogen (secondary N) is 1. The molecule has 3 N–H and O–H groups in total. The van der Waals surface area contributed by atoms with Gasteiger partial charge in [0, 0.05) is 25.3 Å². The molecular weight excluding hydrogens is 240 g/mol. The summed E-state index contributed by atoms with van der Waals surface area (Å²) in [6, 6.07) is -0.152. The summed E-state index contributed by atoms with van der Waals surface area (Å²) in [7, 11) is -3.18. The molecule has 0 bridgehead atoms. The summed E-state index contributed by atoms with van der Waals surface area (Å²) in [4.78, 5) is 11.5. The Bertz CT molecular complexity index is 350. The maximum Gasteiger partial charge on any atom is 0.221 e. The fourth-order valence-electron chi connectivity index (χ4n) is 1.23. The molecule has 17 heavy (non-hydrogen) atoms. The molecule has 5 nitrogen and oxygen atoms in total. The van der Waals surface area contributed by atoms with E-state index in [9.17, 15) is 13.2 Å². The van der Waals surface area contributed by atoms with Crippen LogP contribution in [-0.2, 0) is 14.6 Å². The number of hydrogen-bond donors (Lipinski definition) is 2. The molecule has 0 fully saturated rings. The maximum absolute atomic E-state index is 11.5. The summed E-state index contributed by atoms with van der Waals surface area (Å²) in [5.74, 6) is -0.192. The predicted octanol–water partition coefficient (Wildman–Crippen LogP) is 0.443. The Balaban J connectivity index is 4.17. The molecule has 0 saturated carbocycles. The summed E-state index contributed by atoms with van der Waals surface area (Å²) < 4.78 is 21.9. The van der Waals surface area contributed by atoms with Crippen molar-refractivity contribution in [2.45, 2.75) is 50.8 Å². The molecule has 102 valence electrons. The van der Waals surface area contributed by atoms with Gasteiger partial charge >= 0.3 is 0 Å². The van der Waals surface area contributed by atoms with Crippen molar-refractivity contribution in [2.75, 3.05) is 12.8 Å². The predicted molar refractivity (Wildman–Crippen MR) is 69.4 cm³/mol. The van der Waals surface area contributed by atoms with Crippen molar-refractivity contribution in [3.63, 3.8) is 0 Å². The monoisotopic (exact) mass is 264 g/mol. The lowest BCUT2D eigenvalue weighted by molar-refractivity contribution is -0.121. The second-order valence-corrected chi connectivity index (χ2v) is 7.71. The normalized spacial score (nSPS) is 14.4. The van der Waals surface area contributed by atoms with Crippen LogP contribution < -0.4 is 11.1 Å². The van der Waals surface area contributed by atoms with Crippen molar-refractivity contribution in [1.82, 2.24) is 5.32 Å². The average Bonchev–Trinajstić information content (AvgIpc) is 2.13. The van der Waals surface area contributed by atoms with Gasteiger partial charge in [0.15, 0.2) is 9.84 Å². The van der Waals surface area contributed by atoms with E-state index in [2.05, 4.69) is 5.32 Å². The Morgan fingerprint density at radius 2 is 1.94 bits per heavy atom. The van der Waals surface area contributed by atoms with Crippen molar-refractivity contribution in [2.24, 2.45) is 5.73 Å². The van der Waals surface area contributed by atoms with Gasteiger partial charge in [0.2, 0.25) is 5.91 Å². The van der Waals surface area contributed by atoms with Crippen LogP contribution in [0.3, 0.4) is 0 Å². The summed E-state index contributed by atoms with van der Waals surface area (Å²) >= 11 is 0. The first-order chi connectivity index (χ1) is 7.60. The first kappa shape index (κ1) is 16.4. The van der Waals surface area contributed by atoms with Gasteiger partial charge in [-0.05, 0) is 20.3 Å². The lowest BCUT2D eigenvalue weighted by Gasteiger charge is -2.23. The Hall–Kier alpha value is -0.620. The zero-order valence-electron chi connectivity index (χ0n) is 11.1. The van der Waals surface area contributed by atoms with E-state index >= 15 is 0 Å². The molecule has 1 atom stereocenters. The van der Waals surface area contributed by atoms with Crippen LogP contribution in [0.1, 0.15) is 40.0 Å². The third-order valence-electron chi connectivity index (χ3n) is 2.82. The minimum atomic E-state index is -3.18. The highest BCUT2D eigenvalue weighted by atomic mass is 32.2. The maximum atomic E-state index is 11.5. The number of hydrogen-bond acceptors (Lipinski definition) is 4. The van der Waals surface area contributed by atoms with E-state index in [0.717, 1.165) is 12.8 Å². The van der Waals surface area contributed by atoms with Crippen molar-refractivity contribution >= 4 is 15.7 Å². The molecule has 0 aliphatic carbocycles. The van der Waals surface area contributed by atoms with E-state index in [-0.39, 0.29) is 24.9 Å². The van der Waals surface area contributed by atoms with Gasteiger partial charge in [0.1, 0.15) is 0 Å². The Kier molecular flexibility index (Phi) is 6.12. The minimum Gasteiger partial charge on any atom is -0.354 e. The third-order valence-corrected chi connectivity index (χ3v) is 4.97. The summed E-state index contributed by atoms with van der Waals surface area (Å²) in [5, 5.41) is 2.62. The van der Waals surface area contributed by atoms with Crippen LogP contribution in [0.4, 0.5) is 0 Å². The number of amides is 1. The molecule has 0 heterocycles. The zero-order valence-corrected chi connectivity index (χ0v) is 11.9. The van der Waals surface area contributed by atoms with Crippen LogP contribution in [-0.4, -0.2) is 37.9 Å². The van der Waals surface area contributed by atoms with E-state index in [4.69, 9.17) is 5.73 Å². The smallest absolute Gasteiger partial charge is 0.221 e. The first-order valence-corrected chi connectivity index (χ1v) is 7.71. The molecule has 0 aromatic heterocycles. The minimum absolute atomic E-state index is 0.115. The second kappa shape index (κ2) is 6.35. The molecule has 0 rings (SSSR count). The van der Waals surface area contributed by atoms with Crippen molar-refractivity contribution in [3.05, 3.63) is 0 Å². The fourth-order valence-corrected chi connectivity index (χ4v) is 1.56. The molecule has 0 saturated heterocycles. The summed E-state index contributed by atoms with van der Waals surface area (Å²) in [6.45, 7) is 5.30. The number of nitrogens with two attached hydrogens (primary N) is 1. The Morgan fingerprint density at radius 3 is 2.35 bits per heavy atom. The molecular formula is C11H24N2O3S. The Labute approximate surface area is 104 Å². The Morgan fingerprint density at radius 1 is 1.41 bits per heavy atom. The highest BCUT2D eigenvalue weighted by Crippen LogP contribution is 2.13. The molecule has 0 aliphatic rings. The largest absolute Gasteiger partial charge is 0.354 e. The van der Waals surface area contributed by atoms with E-state index in [0.29, 0.717) is 0 Å². The van der Waals surface area contributed by atoms with Crippen LogP contribution in [0.25, 0.3) is 0 Å². The molecule has 6 heteroatoms. The van der Waals surface area contributed by atoms with E-state index in [1.54, 1.807) is 13.8 Å². The van der Waals surface area contributed by atoms with Gasteiger partial charge < -0.3 is 11.1 Å². The molecule has 0 aromatic carbocycles. The topological polar surface area (TPSA) is 89.3 Å². The number of carbonyl (C=O) groups excluding carboxylic acids is 1. The number of sulfone groups is 1. The first-order valence-electron chi connectivity index (χ1n) is 5.82. The second-order valence-electron chi connectivity index (χ2n) is 5.06. The lowest BCUT2D eigenvalue weighted by atomic mass is 10.1. The van der Waals surface area contributed by atoms with Crippen molar-refractivity contribution in [1.29, 1.82) is 0 Å². The summed E-state index contributed by atoms with van der Waals surface area (Å²) in [5.41, 5.74) is 5.73. The van der Waals surface area contributed by atoms with E-state index in [1.165, 1.54) is 6.26 Å². The molecule has 0 aromatic rings.